The van der Waals surface area contributed by atoms with Crippen molar-refractivity contribution in [3.63, 3.8) is 0 Å². The maximum absolute atomic E-state index is 2.87. The highest BCUT2D eigenvalue weighted by Gasteiger charge is 2.50. The van der Waals surface area contributed by atoms with Crippen molar-refractivity contribution in [2.24, 2.45) is 0 Å². The highest BCUT2D eigenvalue weighted by Crippen LogP contribution is 2.47. The average molecular weight is 940 g/mol. The van der Waals surface area contributed by atoms with E-state index in [0.29, 0.717) is 0 Å². The Morgan fingerprint density at radius 3 is 0.746 bits per heavy atom. The van der Waals surface area contributed by atoms with Gasteiger partial charge in [0.1, 0.15) is 0 Å². The highest BCUT2D eigenvalue weighted by molar-refractivity contribution is 7.22. The molecule has 0 spiro atoms. The van der Waals surface area contributed by atoms with Crippen molar-refractivity contribution in [3.8, 4) is 0 Å². The molecule has 0 aliphatic carbocycles. The van der Waals surface area contributed by atoms with Crippen molar-refractivity contribution < 1.29 is 0 Å². The number of rotatable bonds is 9. The Hall–Kier alpha value is -8.75. The number of fused-ring (bicyclic) bond motifs is 4. The minimum Gasteiger partial charge on any atom is -0.310 e. The molecule has 0 amide bonds. The van der Waals surface area contributed by atoms with Crippen molar-refractivity contribution in [3.05, 3.63) is 297 Å². The van der Waals surface area contributed by atoms with Gasteiger partial charge < -0.3 is 14.7 Å². The highest BCUT2D eigenvalue weighted by atomic mass is 28.3. The zero-order valence-corrected chi connectivity index (χ0v) is 41.1. The van der Waals surface area contributed by atoms with Crippen LogP contribution in [0.25, 0.3) is 0 Å². The smallest absolute Gasteiger partial charge is 0.184 e. The van der Waals surface area contributed by atoms with E-state index in [0.717, 1.165) is 28.4 Å². The zero-order valence-electron chi connectivity index (χ0n) is 39.1. The number of benzene rings is 11. The van der Waals surface area contributed by atoms with Crippen LogP contribution in [0.15, 0.2) is 297 Å². The minimum atomic E-state index is -2.87. The van der Waals surface area contributed by atoms with Gasteiger partial charge in [-0.25, -0.2) is 0 Å². The maximum Gasteiger partial charge on any atom is 0.184 e. The molecule has 2 aliphatic rings. The Bertz CT molecular complexity index is 3250. The normalized spacial score (nSPS) is 13.8. The van der Waals surface area contributed by atoms with Crippen molar-refractivity contribution in [1.82, 2.24) is 0 Å². The molecule has 11 aromatic carbocycles. The zero-order chi connectivity index (χ0) is 47.2. The van der Waals surface area contributed by atoms with E-state index in [4.69, 9.17) is 0 Å². The minimum absolute atomic E-state index is 1.06. The van der Waals surface area contributed by atoms with Gasteiger partial charge in [-0.2, -0.15) is 0 Å². The molecule has 0 saturated carbocycles. The van der Waals surface area contributed by atoms with Crippen molar-refractivity contribution in [2.45, 2.75) is 0 Å². The van der Waals surface area contributed by atoms with Crippen LogP contribution in [-0.4, -0.2) is 16.1 Å². The molecule has 0 N–H and O–H groups in total. The van der Waals surface area contributed by atoms with Gasteiger partial charge in [-0.05, 0) is 108 Å². The van der Waals surface area contributed by atoms with E-state index in [9.17, 15) is 0 Å². The second kappa shape index (κ2) is 17.6. The first-order valence-electron chi connectivity index (χ1n) is 24.5. The Labute approximate surface area is 418 Å². The van der Waals surface area contributed by atoms with Gasteiger partial charge in [0.05, 0.1) is 17.1 Å². The van der Waals surface area contributed by atoms with E-state index in [2.05, 4.69) is 312 Å². The fourth-order valence-electron chi connectivity index (χ4n) is 11.9. The average Bonchev–Trinajstić information content (AvgIpc) is 3.45. The molecule has 13 rings (SSSR count). The molecule has 0 fully saturated rings. The molecule has 336 valence electrons. The molecule has 2 heterocycles. The third-order valence-electron chi connectivity index (χ3n) is 14.7. The molecular weight excluding hydrogens is 891 g/mol. The number of anilines is 9. The van der Waals surface area contributed by atoms with E-state index in [1.165, 1.54) is 64.2 Å². The topological polar surface area (TPSA) is 9.72 Å². The lowest BCUT2D eigenvalue weighted by Gasteiger charge is -2.46. The van der Waals surface area contributed by atoms with Crippen LogP contribution in [0.3, 0.4) is 0 Å². The Balaban J connectivity index is 1.12. The summed E-state index contributed by atoms with van der Waals surface area (Å²) in [6, 6.07) is 111. The van der Waals surface area contributed by atoms with Crippen molar-refractivity contribution in [1.29, 1.82) is 0 Å². The van der Waals surface area contributed by atoms with Gasteiger partial charge in [0.25, 0.3) is 0 Å². The van der Waals surface area contributed by atoms with Crippen LogP contribution in [-0.2, 0) is 0 Å². The van der Waals surface area contributed by atoms with Crippen LogP contribution in [0, 0.1) is 0 Å². The van der Waals surface area contributed by atoms with Gasteiger partial charge >= 0.3 is 0 Å². The maximum atomic E-state index is 2.55. The molecule has 0 aromatic heterocycles. The molecule has 0 saturated heterocycles. The van der Waals surface area contributed by atoms with Gasteiger partial charge in [-0.15, -0.1) is 0 Å². The molecule has 71 heavy (non-hydrogen) atoms. The van der Waals surface area contributed by atoms with Crippen LogP contribution in [0.5, 0.6) is 0 Å². The first-order chi connectivity index (χ1) is 35.3. The molecule has 0 bridgehead atoms. The van der Waals surface area contributed by atoms with Crippen molar-refractivity contribution >= 4 is 109 Å². The fraction of sp³-hybridized carbons (Fsp3) is 0. The van der Waals surface area contributed by atoms with Crippen LogP contribution < -0.4 is 56.2 Å². The van der Waals surface area contributed by atoms with E-state index < -0.39 is 16.1 Å². The quantitative estimate of drug-likeness (QED) is 0.134. The second-order valence-corrected chi connectivity index (χ2v) is 25.9. The fourth-order valence-corrected chi connectivity index (χ4v) is 22.2. The first kappa shape index (κ1) is 42.4. The standard InChI is InChI=1S/C66H49N3Si2/c1-7-27-50(28-8-1)67(51-29-9-2-10-30-51)52-47-53(68-59-39-19-23-43-63(59)70(55-31-11-3-12-32-55,56-33-13-4-14-34-56)64-44-24-20-40-60(64)68)49-54(48-52)69-61-41-21-25-45-65(61)71(57-35-15-5-16-36-57,58-37-17-6-18-38-58)66-46-26-22-42-62(66)69/h1-49H. The van der Waals surface area contributed by atoms with Gasteiger partial charge in [0.15, 0.2) is 16.1 Å². The predicted octanol–water partition coefficient (Wildman–Crippen LogP) is 11.5. The van der Waals surface area contributed by atoms with Gasteiger partial charge in [-0.3, -0.25) is 0 Å². The summed E-state index contributed by atoms with van der Waals surface area (Å²) in [5, 5.41) is 10.9. The largest absolute Gasteiger partial charge is 0.310 e. The monoisotopic (exact) mass is 939 g/mol. The molecule has 3 nitrogen and oxygen atoms in total. The van der Waals surface area contributed by atoms with Crippen LogP contribution in [0.1, 0.15) is 0 Å². The van der Waals surface area contributed by atoms with E-state index in [1.54, 1.807) is 0 Å². The summed E-state index contributed by atoms with van der Waals surface area (Å²) in [5.41, 5.74) is 10.1. The van der Waals surface area contributed by atoms with Crippen LogP contribution in [0.4, 0.5) is 51.2 Å². The number of para-hydroxylation sites is 6. The third kappa shape index (κ3) is 6.69. The second-order valence-electron chi connectivity index (χ2n) is 18.4. The molecular formula is C66H49N3Si2. The Morgan fingerprint density at radius 1 is 0.225 bits per heavy atom. The Morgan fingerprint density at radius 2 is 0.465 bits per heavy atom. The lowest BCUT2D eigenvalue weighted by atomic mass is 10.1. The summed E-state index contributed by atoms with van der Waals surface area (Å²) in [4.78, 5) is 7.52. The number of nitrogens with zero attached hydrogens (tertiary/aromatic N) is 3. The molecule has 2 aliphatic heterocycles. The lowest BCUT2D eigenvalue weighted by molar-refractivity contribution is 1.22. The SMILES string of the molecule is c1ccc(N(c2ccccc2)c2cc(N3c4ccccc4[Si](c4ccccc4)(c4ccccc4)c4ccccc43)cc(N3c4ccccc4[Si](c4ccccc4)(c4ccccc4)c4ccccc43)c2)cc1. The summed E-state index contributed by atoms with van der Waals surface area (Å²) in [5.74, 6) is 0. The molecule has 0 unspecified atom stereocenters. The van der Waals surface area contributed by atoms with E-state index >= 15 is 0 Å². The third-order valence-corrected chi connectivity index (χ3v) is 24.4. The summed E-state index contributed by atoms with van der Waals surface area (Å²) < 4.78 is 0. The summed E-state index contributed by atoms with van der Waals surface area (Å²) in [6.45, 7) is 0. The van der Waals surface area contributed by atoms with Gasteiger partial charge in [0, 0.05) is 34.1 Å². The van der Waals surface area contributed by atoms with E-state index in [1.807, 2.05) is 0 Å². The number of hydrogen-bond acceptors (Lipinski definition) is 3. The van der Waals surface area contributed by atoms with E-state index in [-0.39, 0.29) is 0 Å². The lowest BCUT2D eigenvalue weighted by Crippen LogP contribution is -2.77. The van der Waals surface area contributed by atoms with Gasteiger partial charge in [0.2, 0.25) is 0 Å². The predicted molar refractivity (Wildman–Crippen MR) is 305 cm³/mol. The van der Waals surface area contributed by atoms with Gasteiger partial charge in [-0.1, -0.05) is 231 Å². The summed E-state index contributed by atoms with van der Waals surface area (Å²) in [6.07, 6.45) is 0. The summed E-state index contributed by atoms with van der Waals surface area (Å²) >= 11 is 0. The number of hydrogen-bond donors (Lipinski definition) is 0. The molecule has 11 aromatic rings. The Kier molecular flexibility index (Phi) is 10.5. The van der Waals surface area contributed by atoms with Crippen molar-refractivity contribution in [2.75, 3.05) is 14.7 Å². The summed E-state index contributed by atoms with van der Waals surface area (Å²) in [7, 11) is -5.74. The molecule has 5 heteroatoms. The van der Waals surface area contributed by atoms with Crippen LogP contribution >= 0.6 is 0 Å². The molecule has 0 atom stereocenters. The first-order valence-corrected chi connectivity index (χ1v) is 28.5. The van der Waals surface area contributed by atoms with Crippen LogP contribution in [0.2, 0.25) is 0 Å². The molecule has 0 radical (unpaired) electrons.